The van der Waals surface area contributed by atoms with Crippen molar-refractivity contribution in [3.63, 3.8) is 0 Å². The van der Waals surface area contributed by atoms with E-state index >= 15 is 0 Å². The molecule has 0 aliphatic heterocycles. The quantitative estimate of drug-likeness (QED) is 0.715. The van der Waals surface area contributed by atoms with Gasteiger partial charge >= 0.3 is 0 Å². The van der Waals surface area contributed by atoms with Crippen molar-refractivity contribution in [1.82, 2.24) is 0 Å². The van der Waals surface area contributed by atoms with E-state index in [9.17, 15) is 9.59 Å². The number of nitrogens with two attached hydrogens (primary N) is 1. The summed E-state index contributed by atoms with van der Waals surface area (Å²) in [5, 5.41) is 5.60. The largest absolute Gasteiger partial charge is 0.330 e. The molecule has 5 nitrogen and oxygen atoms in total. The first-order chi connectivity index (χ1) is 9.60. The molecule has 5 heteroatoms. The number of anilines is 2. The molecule has 1 aromatic carbocycles. The molecule has 0 aromatic heterocycles. The van der Waals surface area contributed by atoms with Crippen molar-refractivity contribution in [3.8, 4) is 0 Å². The second kappa shape index (κ2) is 8.32. The maximum atomic E-state index is 12.0. The van der Waals surface area contributed by atoms with Gasteiger partial charge in [-0.2, -0.15) is 0 Å². The number of amides is 2. The van der Waals surface area contributed by atoms with Crippen molar-refractivity contribution in [2.45, 2.75) is 33.1 Å². The Balaban J connectivity index is 2.60. The third kappa shape index (κ3) is 5.01. The van der Waals surface area contributed by atoms with Crippen LogP contribution in [0.3, 0.4) is 0 Å². The molecule has 0 radical (unpaired) electrons. The van der Waals surface area contributed by atoms with Gasteiger partial charge in [0.15, 0.2) is 0 Å². The van der Waals surface area contributed by atoms with Gasteiger partial charge in [-0.05, 0) is 30.7 Å². The normalized spacial score (nSPS) is 11.8. The molecule has 20 heavy (non-hydrogen) atoms. The molecule has 4 N–H and O–H groups in total. The molecule has 0 aliphatic carbocycles. The van der Waals surface area contributed by atoms with E-state index in [1.807, 2.05) is 6.92 Å². The molecule has 0 aliphatic rings. The summed E-state index contributed by atoms with van der Waals surface area (Å²) in [5.74, 6) is -0.243. The predicted octanol–water partition coefficient (Wildman–Crippen LogP) is 2.35. The number of hydrogen-bond acceptors (Lipinski definition) is 3. The summed E-state index contributed by atoms with van der Waals surface area (Å²) in [6.07, 6.45) is 2.15. The minimum atomic E-state index is -0.153. The lowest BCUT2D eigenvalue weighted by Gasteiger charge is -2.14. The average molecular weight is 277 g/mol. The Labute approximate surface area is 119 Å². The molecular weight excluding hydrogens is 254 g/mol. The first kappa shape index (κ1) is 16.2. The fraction of sp³-hybridized carbons (Fsp3) is 0.467. The van der Waals surface area contributed by atoms with Gasteiger partial charge in [-0.3, -0.25) is 9.59 Å². The Kier molecular flexibility index (Phi) is 6.73. The van der Waals surface area contributed by atoms with Gasteiger partial charge in [-0.15, -0.1) is 0 Å². The van der Waals surface area contributed by atoms with Crippen molar-refractivity contribution >= 4 is 23.2 Å². The van der Waals surface area contributed by atoms with Crippen LogP contribution < -0.4 is 16.4 Å². The molecule has 0 fully saturated rings. The fourth-order valence-corrected chi connectivity index (χ4v) is 1.84. The number of carbonyl (C=O) groups excluding carboxylic acids is 2. The van der Waals surface area contributed by atoms with E-state index in [1.54, 1.807) is 31.2 Å². The van der Waals surface area contributed by atoms with E-state index < -0.39 is 0 Å². The van der Waals surface area contributed by atoms with Crippen LogP contribution >= 0.6 is 0 Å². The summed E-state index contributed by atoms with van der Waals surface area (Å²) in [6.45, 7) is 4.18. The molecular formula is C15H23N3O2. The maximum Gasteiger partial charge on any atom is 0.228 e. The van der Waals surface area contributed by atoms with Crippen LogP contribution in [-0.2, 0) is 9.59 Å². The van der Waals surface area contributed by atoms with Gasteiger partial charge in [0.1, 0.15) is 0 Å². The van der Waals surface area contributed by atoms with E-state index in [4.69, 9.17) is 5.73 Å². The average Bonchev–Trinajstić information content (AvgIpc) is 2.46. The van der Waals surface area contributed by atoms with Crippen molar-refractivity contribution in [2.75, 3.05) is 17.2 Å². The van der Waals surface area contributed by atoms with Gasteiger partial charge < -0.3 is 16.4 Å². The first-order valence-electron chi connectivity index (χ1n) is 7.01. The van der Waals surface area contributed by atoms with Crippen LogP contribution in [0.4, 0.5) is 11.4 Å². The van der Waals surface area contributed by atoms with Crippen molar-refractivity contribution in [3.05, 3.63) is 24.3 Å². The smallest absolute Gasteiger partial charge is 0.228 e. The summed E-state index contributed by atoms with van der Waals surface area (Å²) in [5.41, 5.74) is 7.03. The van der Waals surface area contributed by atoms with Crippen molar-refractivity contribution < 1.29 is 9.59 Å². The highest BCUT2D eigenvalue weighted by Crippen LogP contribution is 2.15. The van der Waals surface area contributed by atoms with Crippen LogP contribution in [-0.4, -0.2) is 18.4 Å². The highest BCUT2D eigenvalue weighted by atomic mass is 16.2. The summed E-state index contributed by atoms with van der Waals surface area (Å²) in [7, 11) is 0. The Hall–Kier alpha value is -1.88. The van der Waals surface area contributed by atoms with Gasteiger partial charge in [-0.1, -0.05) is 20.3 Å². The van der Waals surface area contributed by atoms with Crippen LogP contribution in [0, 0.1) is 5.92 Å². The van der Waals surface area contributed by atoms with Gasteiger partial charge in [0.05, 0.1) is 5.92 Å². The summed E-state index contributed by atoms with van der Waals surface area (Å²) in [4.78, 5) is 23.2. The van der Waals surface area contributed by atoms with Gasteiger partial charge in [0.2, 0.25) is 11.8 Å². The topological polar surface area (TPSA) is 84.2 Å². The zero-order valence-corrected chi connectivity index (χ0v) is 12.1. The molecule has 0 spiro atoms. The van der Waals surface area contributed by atoms with Crippen molar-refractivity contribution in [2.24, 2.45) is 11.7 Å². The van der Waals surface area contributed by atoms with E-state index in [2.05, 4.69) is 10.6 Å². The number of carbonyl (C=O) groups is 2. The van der Waals surface area contributed by atoms with Crippen LogP contribution in [0.1, 0.15) is 33.1 Å². The Morgan fingerprint density at radius 1 is 1.10 bits per heavy atom. The zero-order valence-electron chi connectivity index (χ0n) is 12.1. The molecule has 0 saturated carbocycles. The second-order valence-corrected chi connectivity index (χ2v) is 4.69. The highest BCUT2D eigenvalue weighted by Gasteiger charge is 2.15. The molecule has 0 bridgehead atoms. The van der Waals surface area contributed by atoms with E-state index in [0.717, 1.165) is 18.5 Å². The first-order valence-corrected chi connectivity index (χ1v) is 7.01. The molecule has 2 amide bonds. The molecule has 110 valence electrons. The standard InChI is InChI=1S/C15H23N3O2/c1-3-5-11(10-16)15(20)18-13-8-6-12(7-9-13)17-14(19)4-2/h6-9,11H,3-5,10,16H2,1-2H3,(H,17,19)(H,18,20). The summed E-state index contributed by atoms with van der Waals surface area (Å²) >= 11 is 0. The number of benzene rings is 1. The highest BCUT2D eigenvalue weighted by molar-refractivity contribution is 5.94. The monoisotopic (exact) mass is 277 g/mol. The number of hydrogen-bond donors (Lipinski definition) is 3. The lowest BCUT2D eigenvalue weighted by Crippen LogP contribution is -2.29. The third-order valence-electron chi connectivity index (χ3n) is 3.05. The Morgan fingerprint density at radius 2 is 1.65 bits per heavy atom. The SMILES string of the molecule is CCCC(CN)C(=O)Nc1ccc(NC(=O)CC)cc1. The van der Waals surface area contributed by atoms with Gasteiger partial charge in [0, 0.05) is 24.3 Å². The Morgan fingerprint density at radius 3 is 2.10 bits per heavy atom. The van der Waals surface area contributed by atoms with Crippen LogP contribution in [0.5, 0.6) is 0 Å². The number of rotatable bonds is 7. The third-order valence-corrected chi connectivity index (χ3v) is 3.05. The zero-order chi connectivity index (χ0) is 15.0. The lowest BCUT2D eigenvalue weighted by molar-refractivity contribution is -0.120. The lowest BCUT2D eigenvalue weighted by atomic mass is 10.0. The van der Waals surface area contributed by atoms with Gasteiger partial charge in [-0.25, -0.2) is 0 Å². The molecule has 1 atom stereocenters. The van der Waals surface area contributed by atoms with E-state index in [-0.39, 0.29) is 17.7 Å². The predicted molar refractivity (Wildman–Crippen MR) is 81.4 cm³/mol. The minimum Gasteiger partial charge on any atom is -0.330 e. The molecule has 1 rings (SSSR count). The van der Waals surface area contributed by atoms with E-state index in [1.165, 1.54) is 0 Å². The van der Waals surface area contributed by atoms with Gasteiger partial charge in [0.25, 0.3) is 0 Å². The van der Waals surface area contributed by atoms with Crippen LogP contribution in [0.2, 0.25) is 0 Å². The summed E-state index contributed by atoms with van der Waals surface area (Å²) in [6, 6.07) is 7.06. The van der Waals surface area contributed by atoms with Crippen molar-refractivity contribution in [1.29, 1.82) is 0 Å². The molecule has 0 saturated heterocycles. The second-order valence-electron chi connectivity index (χ2n) is 4.69. The van der Waals surface area contributed by atoms with Crippen LogP contribution in [0.25, 0.3) is 0 Å². The van der Waals surface area contributed by atoms with E-state index in [0.29, 0.717) is 18.7 Å². The van der Waals surface area contributed by atoms with Crippen LogP contribution in [0.15, 0.2) is 24.3 Å². The molecule has 1 unspecified atom stereocenters. The summed E-state index contributed by atoms with van der Waals surface area (Å²) < 4.78 is 0. The molecule has 0 heterocycles. The molecule has 1 aromatic rings. The Bertz CT molecular complexity index is 443. The minimum absolute atomic E-state index is 0.0343. The number of nitrogens with one attached hydrogen (secondary N) is 2. The maximum absolute atomic E-state index is 12.0. The fourth-order valence-electron chi connectivity index (χ4n) is 1.84.